The van der Waals surface area contributed by atoms with E-state index < -0.39 is 0 Å². The minimum Gasteiger partial charge on any atom is -0.382 e. The van der Waals surface area contributed by atoms with Gasteiger partial charge in [0.15, 0.2) is 0 Å². The number of carbonyl (C=O) groups is 2. The average molecular weight is 704 g/mol. The van der Waals surface area contributed by atoms with Gasteiger partial charge in [-0.3, -0.25) is 14.4 Å². The van der Waals surface area contributed by atoms with Crippen molar-refractivity contribution in [1.82, 2.24) is 20.2 Å². The predicted octanol–water partition coefficient (Wildman–Crippen LogP) is 6.31. The first-order chi connectivity index (χ1) is 25.0. The van der Waals surface area contributed by atoms with E-state index >= 15 is 0 Å². The van der Waals surface area contributed by atoms with Gasteiger partial charge in [0.25, 0.3) is 11.5 Å². The van der Waals surface area contributed by atoms with Crippen LogP contribution in [0.25, 0.3) is 11.1 Å². The summed E-state index contributed by atoms with van der Waals surface area (Å²) in [5.74, 6) is 3.50. The van der Waals surface area contributed by atoms with Gasteiger partial charge in [-0.2, -0.15) is 0 Å². The Balaban J connectivity index is 0.950. The van der Waals surface area contributed by atoms with Crippen LogP contribution in [0.5, 0.6) is 0 Å². The molecule has 10 rings (SSSR count). The molecule has 2 aromatic heterocycles. The highest BCUT2D eigenvalue weighted by Gasteiger charge is 2.77. The largest absolute Gasteiger partial charge is 0.382 e. The molecule has 10 nitrogen and oxygen atoms in total. The first-order valence-electron chi connectivity index (χ1n) is 19.5. The van der Waals surface area contributed by atoms with Gasteiger partial charge in [-0.25, -0.2) is 4.98 Å². The van der Waals surface area contributed by atoms with Crippen molar-refractivity contribution in [3.63, 3.8) is 0 Å². The topological polar surface area (TPSA) is 134 Å². The molecule has 1 aliphatic heterocycles. The summed E-state index contributed by atoms with van der Waals surface area (Å²) in [6.45, 7) is 11.0. The van der Waals surface area contributed by atoms with Crippen molar-refractivity contribution in [3.05, 3.63) is 74.8 Å². The SMILES string of the molecule is CCCc1cc(C)[nH]c(=O)c1CNC(=O)c1cc(-c2ccc(N3CCN(C(=O)CC45CC6CC7CC(C6)(C4)C75)CC3)nc2)cc(NC(C)C)c1C=N. The Bertz CT molecular complexity index is 1960. The molecule has 0 radical (unpaired) electrons. The number of carbonyl (C=O) groups excluding carboxylic acids is 2. The third-order valence-electron chi connectivity index (χ3n) is 13.1. The number of amides is 2. The number of pyridine rings is 2. The zero-order valence-electron chi connectivity index (χ0n) is 31.1. The lowest BCUT2D eigenvalue weighted by atomic mass is 9.22. The number of anilines is 2. The van der Waals surface area contributed by atoms with E-state index in [2.05, 4.69) is 32.3 Å². The summed E-state index contributed by atoms with van der Waals surface area (Å²) in [6, 6.07) is 9.86. The Morgan fingerprint density at radius 1 is 1.10 bits per heavy atom. The Morgan fingerprint density at radius 2 is 1.90 bits per heavy atom. The third kappa shape index (κ3) is 5.92. The highest BCUT2D eigenvalue weighted by Crippen LogP contribution is 2.85. The Kier molecular flexibility index (Phi) is 8.78. The van der Waals surface area contributed by atoms with Gasteiger partial charge < -0.3 is 30.8 Å². The number of benzene rings is 1. The van der Waals surface area contributed by atoms with E-state index in [0.29, 0.717) is 39.1 Å². The number of hydrogen-bond acceptors (Lipinski definition) is 7. The molecule has 2 amide bonds. The quantitative estimate of drug-likeness (QED) is 0.164. The number of H-pyrrole nitrogens is 1. The molecule has 1 saturated heterocycles. The van der Waals surface area contributed by atoms with E-state index in [-0.39, 0.29) is 24.1 Å². The lowest BCUT2D eigenvalue weighted by Crippen LogP contribution is -2.75. The van der Waals surface area contributed by atoms with Gasteiger partial charge in [-0.15, -0.1) is 0 Å². The molecule has 5 unspecified atom stereocenters. The van der Waals surface area contributed by atoms with Crippen LogP contribution < -0.4 is 21.1 Å². The summed E-state index contributed by atoms with van der Waals surface area (Å²) in [6.07, 6.45) is 12.3. The van der Waals surface area contributed by atoms with Crippen LogP contribution in [0.1, 0.15) is 98.5 Å². The molecular formula is C42H53N7O3. The van der Waals surface area contributed by atoms with Gasteiger partial charge >= 0.3 is 0 Å². The molecule has 6 aliphatic carbocycles. The minimum absolute atomic E-state index is 0.0760. The van der Waals surface area contributed by atoms with Crippen LogP contribution in [-0.2, 0) is 17.8 Å². The summed E-state index contributed by atoms with van der Waals surface area (Å²) in [5, 5.41) is 14.6. The van der Waals surface area contributed by atoms with Gasteiger partial charge in [-0.1, -0.05) is 13.3 Å². The lowest BCUT2D eigenvalue weighted by Gasteiger charge is -2.82. The molecular weight excluding hydrogens is 651 g/mol. The van der Waals surface area contributed by atoms with Crippen LogP contribution in [-0.4, -0.2) is 65.1 Å². The van der Waals surface area contributed by atoms with Gasteiger partial charge in [-0.05, 0) is 129 Å². The zero-order valence-corrected chi connectivity index (χ0v) is 31.1. The van der Waals surface area contributed by atoms with E-state index in [1.54, 1.807) is 6.07 Å². The van der Waals surface area contributed by atoms with Crippen LogP contribution >= 0.6 is 0 Å². The molecule has 1 aromatic carbocycles. The number of piperazine rings is 1. The molecule has 3 heterocycles. The highest BCUT2D eigenvalue weighted by molar-refractivity contribution is 6.06. The predicted molar refractivity (Wildman–Crippen MR) is 205 cm³/mol. The van der Waals surface area contributed by atoms with E-state index in [0.717, 1.165) is 91.4 Å². The van der Waals surface area contributed by atoms with E-state index in [1.165, 1.54) is 38.3 Å². The molecule has 1 spiro atoms. The maximum Gasteiger partial charge on any atom is 0.253 e. The maximum atomic E-state index is 13.8. The number of hydrogen-bond donors (Lipinski definition) is 4. The Labute approximate surface area is 306 Å². The number of rotatable bonds is 12. The molecule has 5 bridgehead atoms. The fourth-order valence-electron chi connectivity index (χ4n) is 11.6. The molecule has 6 saturated carbocycles. The van der Waals surface area contributed by atoms with Gasteiger partial charge in [0.2, 0.25) is 5.91 Å². The second-order valence-corrected chi connectivity index (χ2v) is 16.9. The molecule has 7 fully saturated rings. The van der Waals surface area contributed by atoms with Gasteiger partial charge in [0.1, 0.15) is 5.82 Å². The van der Waals surface area contributed by atoms with Crippen molar-refractivity contribution >= 4 is 29.5 Å². The third-order valence-corrected chi connectivity index (χ3v) is 13.1. The number of aryl methyl sites for hydroxylation is 2. The molecule has 52 heavy (non-hydrogen) atoms. The van der Waals surface area contributed by atoms with Crippen molar-refractivity contribution in [2.24, 2.45) is 28.6 Å². The van der Waals surface area contributed by atoms with E-state index in [4.69, 9.17) is 10.4 Å². The van der Waals surface area contributed by atoms with E-state index in [9.17, 15) is 14.4 Å². The zero-order chi connectivity index (χ0) is 36.4. The first kappa shape index (κ1) is 34.6. The smallest absolute Gasteiger partial charge is 0.253 e. The number of aromatic nitrogens is 2. The molecule has 3 aromatic rings. The van der Waals surface area contributed by atoms with Crippen molar-refractivity contribution in [2.45, 2.75) is 91.6 Å². The van der Waals surface area contributed by atoms with Gasteiger partial charge in [0.05, 0.1) is 5.56 Å². The number of aromatic amines is 1. The molecule has 7 aliphatic rings. The van der Waals surface area contributed by atoms with Gasteiger partial charge in [0, 0.05) is 85.7 Å². The second kappa shape index (κ2) is 13.2. The lowest BCUT2D eigenvalue weighted by molar-refractivity contribution is -0.331. The van der Waals surface area contributed by atoms with E-state index in [1.807, 2.05) is 51.2 Å². The average Bonchev–Trinajstić information content (AvgIpc) is 3.10. The number of nitrogens with zero attached hydrogens (tertiary/aromatic N) is 3. The van der Waals surface area contributed by atoms with Crippen molar-refractivity contribution < 1.29 is 9.59 Å². The molecule has 10 heteroatoms. The Morgan fingerprint density at radius 3 is 2.58 bits per heavy atom. The molecule has 274 valence electrons. The van der Waals surface area contributed by atoms with Crippen LogP contribution in [0.3, 0.4) is 0 Å². The van der Waals surface area contributed by atoms with Crippen LogP contribution in [0.4, 0.5) is 11.5 Å². The summed E-state index contributed by atoms with van der Waals surface area (Å²) >= 11 is 0. The first-order valence-corrected chi connectivity index (χ1v) is 19.5. The summed E-state index contributed by atoms with van der Waals surface area (Å²) < 4.78 is 0. The van der Waals surface area contributed by atoms with Crippen LogP contribution in [0.2, 0.25) is 0 Å². The number of nitrogens with one attached hydrogen (secondary N) is 4. The van der Waals surface area contributed by atoms with Crippen molar-refractivity contribution in [2.75, 3.05) is 36.4 Å². The van der Waals surface area contributed by atoms with Crippen molar-refractivity contribution in [3.8, 4) is 11.1 Å². The molecule has 4 N–H and O–H groups in total. The fraction of sp³-hybridized carbons (Fsp3) is 0.548. The van der Waals surface area contributed by atoms with Crippen LogP contribution in [0, 0.1) is 40.9 Å². The summed E-state index contributed by atoms with van der Waals surface area (Å²) in [5.41, 5.74) is 6.24. The maximum absolute atomic E-state index is 13.8. The Hall–Kier alpha value is -4.47. The highest BCUT2D eigenvalue weighted by atomic mass is 16.2. The standard InChI is InChI=1S/C42H53N7O3/c1-5-6-28-13-26(4)47-40(52)34(28)23-45-39(51)32-15-30(16-35(33(32)21-43)46-25(2)3)29-7-8-36(44-22-29)48-9-11-49(12-10-48)37(50)20-42-18-27-14-31-19-41(17-27,24-42)38(31)42/h7-8,13,15-16,21-22,25,27,31,38,43,46H,5-6,9-12,14,17-20,23-24H2,1-4H3,(H,45,51)(H,47,52). The minimum atomic E-state index is -0.351. The second-order valence-electron chi connectivity index (χ2n) is 16.9. The fourth-order valence-corrected chi connectivity index (χ4v) is 11.6. The van der Waals surface area contributed by atoms with Crippen molar-refractivity contribution in [1.29, 1.82) is 5.41 Å². The summed E-state index contributed by atoms with van der Waals surface area (Å²) in [4.78, 5) is 52.2. The molecule has 5 atom stereocenters. The van der Waals surface area contributed by atoms with Crippen LogP contribution in [0.15, 0.2) is 41.3 Å². The monoisotopic (exact) mass is 703 g/mol. The summed E-state index contributed by atoms with van der Waals surface area (Å²) in [7, 11) is 0. The normalized spacial score (nSPS) is 26.8.